The molecule has 0 spiro atoms. The first-order valence-electron chi connectivity index (χ1n) is 9.93. The Balaban J connectivity index is 1.93. The Bertz CT molecular complexity index is 1010. The third-order valence-electron chi connectivity index (χ3n) is 5.06. The molecule has 11 heteroatoms. The van der Waals surface area contributed by atoms with Crippen LogP contribution in [0.4, 0.5) is 0 Å². The van der Waals surface area contributed by atoms with Crippen LogP contribution in [0.2, 0.25) is 0 Å². The standard InChI is InChI=1S/C21H26O11/c1-3-4-5-6-11-7-10-8-12(23)18(15(24)14(10)20(27)29-11)31-21-17(26)16(25)19(32-28-2)13(9-22)30-21/h3-4,7-8,13,16-17,19,21-26H,5-6,9H2,1-2H3/b4-3+/t13-,16-,17-,19-,21+/m1/s1. The quantitative estimate of drug-likeness (QED) is 0.214. The van der Waals surface area contributed by atoms with E-state index in [9.17, 15) is 30.3 Å². The summed E-state index contributed by atoms with van der Waals surface area (Å²) < 4.78 is 16.0. The molecule has 0 bridgehead atoms. The minimum atomic E-state index is -1.71. The molecule has 1 fully saturated rings. The summed E-state index contributed by atoms with van der Waals surface area (Å²) in [6.45, 7) is 1.25. The number of rotatable bonds is 8. The Hall–Kier alpha value is -2.67. The van der Waals surface area contributed by atoms with Crippen LogP contribution in [-0.4, -0.2) is 70.0 Å². The lowest BCUT2D eigenvalue weighted by molar-refractivity contribution is -0.379. The van der Waals surface area contributed by atoms with E-state index in [0.29, 0.717) is 18.6 Å². The summed E-state index contributed by atoms with van der Waals surface area (Å²) in [5, 5.41) is 51.1. The second kappa shape index (κ2) is 10.3. The van der Waals surface area contributed by atoms with Gasteiger partial charge in [-0.15, -0.1) is 0 Å². The molecule has 3 rings (SSSR count). The summed E-state index contributed by atoms with van der Waals surface area (Å²) in [5.74, 6) is -1.46. The van der Waals surface area contributed by atoms with Gasteiger partial charge in [-0.2, -0.15) is 0 Å². The van der Waals surface area contributed by atoms with Crippen molar-refractivity contribution in [1.82, 2.24) is 0 Å². The Morgan fingerprint density at radius 1 is 1.19 bits per heavy atom. The van der Waals surface area contributed by atoms with Crippen molar-refractivity contribution in [3.8, 4) is 17.2 Å². The molecule has 1 aliphatic heterocycles. The molecule has 5 N–H and O–H groups in total. The summed E-state index contributed by atoms with van der Waals surface area (Å²) in [6.07, 6.45) is -2.46. The van der Waals surface area contributed by atoms with Gasteiger partial charge in [0.05, 0.1) is 13.7 Å². The zero-order valence-electron chi connectivity index (χ0n) is 17.5. The first kappa shape index (κ1) is 24.0. The fraction of sp³-hybridized carbons (Fsp3) is 0.476. The Kier molecular flexibility index (Phi) is 7.72. The van der Waals surface area contributed by atoms with Crippen LogP contribution < -0.4 is 10.4 Å². The smallest absolute Gasteiger partial charge is 0.347 e. The normalized spacial score (nSPS) is 26.1. The molecule has 0 amide bonds. The molecule has 11 nitrogen and oxygen atoms in total. The number of fused-ring (bicyclic) bond motifs is 1. The van der Waals surface area contributed by atoms with Crippen molar-refractivity contribution in [1.29, 1.82) is 0 Å². The highest BCUT2D eigenvalue weighted by Gasteiger charge is 2.47. The van der Waals surface area contributed by atoms with Crippen molar-refractivity contribution in [3.05, 3.63) is 40.5 Å². The maximum absolute atomic E-state index is 12.5. The van der Waals surface area contributed by atoms with Gasteiger partial charge in [0.1, 0.15) is 35.6 Å². The molecule has 176 valence electrons. The van der Waals surface area contributed by atoms with Crippen molar-refractivity contribution in [2.24, 2.45) is 0 Å². The lowest BCUT2D eigenvalue weighted by Crippen LogP contribution is -2.60. The van der Waals surface area contributed by atoms with Crippen molar-refractivity contribution in [2.75, 3.05) is 13.7 Å². The van der Waals surface area contributed by atoms with E-state index >= 15 is 0 Å². The maximum atomic E-state index is 12.5. The van der Waals surface area contributed by atoms with E-state index in [-0.39, 0.29) is 10.8 Å². The molecule has 0 radical (unpaired) electrons. The van der Waals surface area contributed by atoms with Crippen molar-refractivity contribution in [2.45, 2.75) is 50.5 Å². The molecule has 0 aliphatic carbocycles. The lowest BCUT2D eigenvalue weighted by atomic mass is 9.99. The fourth-order valence-corrected chi connectivity index (χ4v) is 3.49. The minimum absolute atomic E-state index is 0.228. The molecule has 5 atom stereocenters. The number of allylic oxidation sites excluding steroid dienone is 2. The Morgan fingerprint density at radius 3 is 2.59 bits per heavy atom. The zero-order chi connectivity index (χ0) is 23.4. The molecule has 1 aromatic heterocycles. The predicted octanol–water partition coefficient (Wildman–Crippen LogP) is 0.477. The highest BCUT2D eigenvalue weighted by molar-refractivity contribution is 5.91. The van der Waals surface area contributed by atoms with Crippen molar-refractivity contribution < 1.29 is 49.2 Å². The van der Waals surface area contributed by atoms with Gasteiger partial charge in [0, 0.05) is 11.8 Å². The number of hydrogen-bond donors (Lipinski definition) is 5. The van der Waals surface area contributed by atoms with E-state index in [1.807, 2.05) is 19.1 Å². The monoisotopic (exact) mass is 454 g/mol. The first-order chi connectivity index (χ1) is 15.3. The highest BCUT2D eigenvalue weighted by Crippen LogP contribution is 2.42. The van der Waals surface area contributed by atoms with Gasteiger partial charge in [-0.25, -0.2) is 14.6 Å². The van der Waals surface area contributed by atoms with Crippen LogP contribution >= 0.6 is 0 Å². The Labute approximate surface area is 182 Å². The molecular formula is C21H26O11. The third-order valence-corrected chi connectivity index (χ3v) is 5.06. The predicted molar refractivity (Wildman–Crippen MR) is 109 cm³/mol. The van der Waals surface area contributed by atoms with E-state index in [1.165, 1.54) is 19.2 Å². The molecule has 0 unspecified atom stereocenters. The number of benzene rings is 1. The number of aryl methyl sites for hydroxylation is 1. The number of aromatic hydroxyl groups is 2. The Morgan fingerprint density at radius 2 is 1.94 bits per heavy atom. The van der Waals surface area contributed by atoms with Gasteiger partial charge in [-0.05, 0) is 25.5 Å². The molecule has 0 saturated carbocycles. The number of ether oxygens (including phenoxy) is 2. The summed E-state index contributed by atoms with van der Waals surface area (Å²) >= 11 is 0. The largest absolute Gasteiger partial charge is 0.504 e. The van der Waals surface area contributed by atoms with Crippen molar-refractivity contribution >= 4 is 10.8 Å². The van der Waals surface area contributed by atoms with Crippen LogP contribution in [0.1, 0.15) is 19.1 Å². The number of aliphatic hydroxyl groups is 3. The molecule has 2 heterocycles. The SMILES string of the molecule is C/C=C/CCc1cc2cc(O)c(O[C@@H]3O[C@H](CO)[C@@H](OOC)[C@H](O)[C@H]3O)c(O)c2c(=O)o1. The molecule has 32 heavy (non-hydrogen) atoms. The van der Waals surface area contributed by atoms with Gasteiger partial charge in [-0.3, -0.25) is 0 Å². The fourth-order valence-electron chi connectivity index (χ4n) is 3.49. The number of phenols is 2. The summed E-state index contributed by atoms with van der Waals surface area (Å²) in [7, 11) is 1.18. The third kappa shape index (κ3) is 4.72. The number of hydrogen-bond acceptors (Lipinski definition) is 11. The minimum Gasteiger partial charge on any atom is -0.504 e. The summed E-state index contributed by atoms with van der Waals surface area (Å²) in [4.78, 5) is 21.8. The van der Waals surface area contributed by atoms with Gasteiger partial charge < -0.3 is 39.4 Å². The molecule has 1 aromatic carbocycles. The molecule has 2 aromatic rings. The number of aliphatic hydroxyl groups excluding tert-OH is 3. The van der Waals surface area contributed by atoms with Crippen LogP contribution in [0.5, 0.6) is 17.2 Å². The van der Waals surface area contributed by atoms with E-state index in [1.54, 1.807) is 0 Å². The average molecular weight is 454 g/mol. The van der Waals surface area contributed by atoms with Crippen LogP contribution in [0.15, 0.2) is 33.5 Å². The summed E-state index contributed by atoms with van der Waals surface area (Å²) in [6, 6.07) is 2.72. The van der Waals surface area contributed by atoms with E-state index in [0.717, 1.165) is 0 Å². The molecular weight excluding hydrogens is 428 g/mol. The second-order valence-corrected chi connectivity index (χ2v) is 7.20. The van der Waals surface area contributed by atoms with E-state index < -0.39 is 60.2 Å². The van der Waals surface area contributed by atoms with Gasteiger partial charge in [0.25, 0.3) is 0 Å². The highest BCUT2D eigenvalue weighted by atomic mass is 17.2. The maximum Gasteiger partial charge on any atom is 0.347 e. The van der Waals surface area contributed by atoms with E-state index in [2.05, 4.69) is 4.89 Å². The van der Waals surface area contributed by atoms with Gasteiger partial charge >= 0.3 is 5.63 Å². The van der Waals surface area contributed by atoms with Gasteiger partial charge in [-0.1, -0.05) is 12.2 Å². The summed E-state index contributed by atoms with van der Waals surface area (Å²) in [5.41, 5.74) is -0.840. The zero-order valence-corrected chi connectivity index (χ0v) is 17.5. The van der Waals surface area contributed by atoms with Crippen LogP contribution in [0.25, 0.3) is 10.8 Å². The van der Waals surface area contributed by atoms with Gasteiger partial charge in [0.2, 0.25) is 12.0 Å². The van der Waals surface area contributed by atoms with Crippen LogP contribution in [-0.2, 0) is 20.9 Å². The molecule has 1 saturated heterocycles. The number of phenolic OH excluding ortho intramolecular Hbond substituents is 2. The first-order valence-corrected chi connectivity index (χ1v) is 9.93. The van der Waals surface area contributed by atoms with Crippen LogP contribution in [0.3, 0.4) is 0 Å². The van der Waals surface area contributed by atoms with Gasteiger partial charge in [0.15, 0.2) is 11.5 Å². The average Bonchev–Trinajstić information content (AvgIpc) is 2.75. The second-order valence-electron chi connectivity index (χ2n) is 7.20. The topological polar surface area (TPSA) is 168 Å². The molecule has 1 aliphatic rings. The van der Waals surface area contributed by atoms with E-state index in [4.69, 9.17) is 18.8 Å². The van der Waals surface area contributed by atoms with Crippen molar-refractivity contribution in [3.63, 3.8) is 0 Å². The van der Waals surface area contributed by atoms with Crippen LogP contribution in [0, 0.1) is 0 Å². The lowest BCUT2D eigenvalue weighted by Gasteiger charge is -2.40.